The number of hydrogen-bond donors (Lipinski definition) is 2. The molecule has 1 amide bonds. The molecule has 7 heteroatoms. The average Bonchev–Trinajstić information content (AvgIpc) is 3.12. The van der Waals surface area contributed by atoms with Crippen molar-refractivity contribution >= 4 is 28.4 Å². The number of nitrogens with one attached hydrogen (secondary N) is 1. The molecule has 0 unspecified atom stereocenters. The zero-order valence-corrected chi connectivity index (χ0v) is 17.5. The summed E-state index contributed by atoms with van der Waals surface area (Å²) in [6.45, 7) is 1.96. The molecule has 6 nitrogen and oxygen atoms in total. The minimum atomic E-state index is -0.0741. The van der Waals surface area contributed by atoms with E-state index in [-0.39, 0.29) is 17.7 Å². The van der Waals surface area contributed by atoms with Crippen LogP contribution < -0.4 is 11.2 Å². The largest absolute Gasteiger partial charge is 0.349 e. The molecule has 3 aromatic carbocycles. The number of nitrogen functional groups attached to an aromatic ring is 1. The van der Waals surface area contributed by atoms with Crippen LogP contribution >= 0.6 is 11.8 Å². The lowest BCUT2D eigenvalue weighted by atomic mass is 10.0. The summed E-state index contributed by atoms with van der Waals surface area (Å²) in [6, 6.07) is 24.2. The topological polar surface area (TPSA) is 85.8 Å². The zero-order valence-electron chi connectivity index (χ0n) is 16.7. The Bertz CT molecular complexity index is 1150. The van der Waals surface area contributed by atoms with Gasteiger partial charge in [0.25, 0.3) is 0 Å². The molecule has 0 fully saturated rings. The van der Waals surface area contributed by atoms with Crippen LogP contribution in [0.25, 0.3) is 10.8 Å². The van der Waals surface area contributed by atoms with Crippen molar-refractivity contribution < 1.29 is 4.79 Å². The molecule has 3 N–H and O–H groups in total. The van der Waals surface area contributed by atoms with Gasteiger partial charge in [0.15, 0.2) is 5.82 Å². The van der Waals surface area contributed by atoms with Crippen molar-refractivity contribution in [3.63, 3.8) is 0 Å². The van der Waals surface area contributed by atoms with Gasteiger partial charge in [0.2, 0.25) is 11.1 Å². The van der Waals surface area contributed by atoms with Crippen LogP contribution in [0.2, 0.25) is 0 Å². The molecule has 0 aliphatic carbocycles. The van der Waals surface area contributed by atoms with Crippen LogP contribution in [0.5, 0.6) is 0 Å². The van der Waals surface area contributed by atoms with E-state index in [1.165, 1.54) is 27.2 Å². The molecule has 1 atom stereocenters. The van der Waals surface area contributed by atoms with Gasteiger partial charge in [-0.2, -0.15) is 0 Å². The van der Waals surface area contributed by atoms with Gasteiger partial charge in [-0.3, -0.25) is 4.79 Å². The highest BCUT2D eigenvalue weighted by molar-refractivity contribution is 7.99. The predicted octanol–water partition coefficient (Wildman–Crippen LogP) is 3.71. The molecule has 0 radical (unpaired) electrons. The second kappa shape index (κ2) is 9.00. The maximum atomic E-state index is 12.3. The number of hydrogen-bond acceptors (Lipinski definition) is 5. The number of aromatic nitrogens is 3. The minimum Gasteiger partial charge on any atom is -0.349 e. The van der Waals surface area contributed by atoms with E-state index >= 15 is 0 Å². The fourth-order valence-corrected chi connectivity index (χ4v) is 4.07. The zero-order chi connectivity index (χ0) is 20.9. The Morgan fingerprint density at radius 1 is 1.03 bits per heavy atom. The average molecular weight is 418 g/mol. The molecule has 4 rings (SSSR count). The number of amides is 1. The maximum Gasteiger partial charge on any atom is 0.230 e. The van der Waals surface area contributed by atoms with Crippen molar-refractivity contribution in [3.05, 3.63) is 89.7 Å². The SMILES string of the molecule is C[C@H](NC(=O)CSc1nnc(Cc2cccc3ccccc23)n1N)c1ccccc1. The highest BCUT2D eigenvalue weighted by atomic mass is 32.2. The first-order chi connectivity index (χ1) is 14.6. The molecule has 152 valence electrons. The van der Waals surface area contributed by atoms with E-state index in [0.29, 0.717) is 17.4 Å². The Morgan fingerprint density at radius 2 is 1.77 bits per heavy atom. The van der Waals surface area contributed by atoms with Crippen LogP contribution in [0, 0.1) is 0 Å². The molecular formula is C23H23N5OS. The summed E-state index contributed by atoms with van der Waals surface area (Å²) in [5.41, 5.74) is 2.20. The quantitative estimate of drug-likeness (QED) is 0.354. The number of carbonyl (C=O) groups is 1. The molecule has 0 bridgehead atoms. The second-order valence-corrected chi connectivity index (χ2v) is 8.01. The predicted molar refractivity (Wildman–Crippen MR) is 121 cm³/mol. The first-order valence-electron chi connectivity index (χ1n) is 9.75. The van der Waals surface area contributed by atoms with E-state index < -0.39 is 0 Å². The Balaban J connectivity index is 1.39. The standard InChI is InChI=1S/C23H23N5OS/c1-16(17-8-3-2-4-9-17)25-22(29)15-30-23-27-26-21(28(23)24)14-19-12-7-11-18-10-5-6-13-20(18)19/h2-13,16H,14-15,24H2,1H3,(H,25,29)/t16-/m0/s1. The summed E-state index contributed by atoms with van der Waals surface area (Å²) in [4.78, 5) is 12.3. The number of rotatable bonds is 7. The normalized spacial score (nSPS) is 12.0. The molecule has 0 aliphatic heterocycles. The molecule has 0 spiro atoms. The third kappa shape index (κ3) is 4.46. The number of nitrogens with zero attached hydrogens (tertiary/aromatic N) is 3. The lowest BCUT2D eigenvalue weighted by molar-refractivity contribution is -0.119. The van der Waals surface area contributed by atoms with Crippen LogP contribution in [0.1, 0.15) is 29.9 Å². The molecule has 30 heavy (non-hydrogen) atoms. The Morgan fingerprint density at radius 3 is 2.60 bits per heavy atom. The van der Waals surface area contributed by atoms with Crippen molar-refractivity contribution in [3.8, 4) is 0 Å². The van der Waals surface area contributed by atoms with Gasteiger partial charge in [-0.05, 0) is 28.8 Å². The van der Waals surface area contributed by atoms with Gasteiger partial charge in [-0.1, -0.05) is 84.6 Å². The lowest BCUT2D eigenvalue weighted by Crippen LogP contribution is -2.28. The summed E-state index contributed by atoms with van der Waals surface area (Å²) >= 11 is 1.28. The molecule has 0 saturated carbocycles. The van der Waals surface area contributed by atoms with Gasteiger partial charge in [0.1, 0.15) is 0 Å². The van der Waals surface area contributed by atoms with Crippen molar-refractivity contribution in [2.45, 2.75) is 24.5 Å². The maximum absolute atomic E-state index is 12.3. The van der Waals surface area contributed by atoms with Crippen molar-refractivity contribution in [2.75, 3.05) is 11.6 Å². The Labute approximate surface area is 179 Å². The van der Waals surface area contributed by atoms with E-state index in [9.17, 15) is 4.79 Å². The van der Waals surface area contributed by atoms with Gasteiger partial charge in [0.05, 0.1) is 11.8 Å². The van der Waals surface area contributed by atoms with Crippen LogP contribution in [0.15, 0.2) is 78.0 Å². The number of thioether (sulfide) groups is 1. The van der Waals surface area contributed by atoms with Crippen LogP contribution in [-0.2, 0) is 11.2 Å². The second-order valence-electron chi connectivity index (χ2n) is 7.07. The fourth-order valence-electron chi connectivity index (χ4n) is 3.38. The van der Waals surface area contributed by atoms with Gasteiger partial charge in [0, 0.05) is 6.42 Å². The van der Waals surface area contributed by atoms with E-state index in [2.05, 4.69) is 39.8 Å². The molecule has 1 heterocycles. The van der Waals surface area contributed by atoms with E-state index in [4.69, 9.17) is 5.84 Å². The van der Waals surface area contributed by atoms with Gasteiger partial charge in [-0.15, -0.1) is 10.2 Å². The summed E-state index contributed by atoms with van der Waals surface area (Å²) in [5.74, 6) is 7.02. The number of nitrogens with two attached hydrogens (primary N) is 1. The molecule has 4 aromatic rings. The highest BCUT2D eigenvalue weighted by Gasteiger charge is 2.15. The smallest absolute Gasteiger partial charge is 0.230 e. The summed E-state index contributed by atoms with van der Waals surface area (Å²) in [5, 5.41) is 14.3. The van der Waals surface area contributed by atoms with Crippen LogP contribution in [-0.4, -0.2) is 26.5 Å². The first-order valence-corrected chi connectivity index (χ1v) is 10.7. The third-order valence-electron chi connectivity index (χ3n) is 4.97. The summed E-state index contributed by atoms with van der Waals surface area (Å²) in [6.07, 6.45) is 0.572. The van der Waals surface area contributed by atoms with Crippen LogP contribution in [0.4, 0.5) is 0 Å². The summed E-state index contributed by atoms with van der Waals surface area (Å²) < 4.78 is 1.47. The van der Waals surface area contributed by atoms with Crippen molar-refractivity contribution in [1.82, 2.24) is 20.2 Å². The van der Waals surface area contributed by atoms with Crippen molar-refractivity contribution in [2.24, 2.45) is 0 Å². The number of fused-ring (bicyclic) bond motifs is 1. The monoisotopic (exact) mass is 417 g/mol. The minimum absolute atomic E-state index is 0.0584. The molecular weight excluding hydrogens is 394 g/mol. The lowest BCUT2D eigenvalue weighted by Gasteiger charge is -2.13. The van der Waals surface area contributed by atoms with E-state index in [0.717, 1.165) is 11.1 Å². The fraction of sp³-hybridized carbons (Fsp3) is 0.174. The van der Waals surface area contributed by atoms with E-state index in [1.54, 1.807) is 0 Å². The Kier molecular flexibility index (Phi) is 5.99. The van der Waals surface area contributed by atoms with E-state index in [1.807, 2.05) is 55.5 Å². The van der Waals surface area contributed by atoms with Crippen molar-refractivity contribution in [1.29, 1.82) is 0 Å². The van der Waals surface area contributed by atoms with Gasteiger partial charge in [-0.25, -0.2) is 4.68 Å². The third-order valence-corrected chi connectivity index (χ3v) is 5.92. The first kappa shape index (κ1) is 20.0. The summed E-state index contributed by atoms with van der Waals surface area (Å²) in [7, 11) is 0. The molecule has 1 aromatic heterocycles. The Hall–Kier alpha value is -3.32. The number of carbonyl (C=O) groups excluding carboxylic acids is 1. The van der Waals surface area contributed by atoms with Gasteiger partial charge >= 0.3 is 0 Å². The molecule has 0 saturated heterocycles. The van der Waals surface area contributed by atoms with Gasteiger partial charge < -0.3 is 11.2 Å². The van der Waals surface area contributed by atoms with Crippen LogP contribution in [0.3, 0.4) is 0 Å². The number of benzene rings is 3. The molecule has 0 aliphatic rings. The highest BCUT2D eigenvalue weighted by Crippen LogP contribution is 2.22.